The Bertz CT molecular complexity index is 445. The van der Waals surface area contributed by atoms with Gasteiger partial charge in [0.25, 0.3) is 0 Å². The van der Waals surface area contributed by atoms with Crippen molar-refractivity contribution in [2.24, 2.45) is 0 Å². The predicted octanol–water partition coefficient (Wildman–Crippen LogP) is 1.21. The predicted molar refractivity (Wildman–Crippen MR) is 53.3 cm³/mol. The van der Waals surface area contributed by atoms with Gasteiger partial charge in [-0.15, -0.1) is 5.10 Å². The van der Waals surface area contributed by atoms with E-state index in [2.05, 4.69) is 15.1 Å². The van der Waals surface area contributed by atoms with Crippen LogP contribution in [0, 0.1) is 6.92 Å². The highest BCUT2D eigenvalue weighted by atomic mass is 35.5. The summed E-state index contributed by atoms with van der Waals surface area (Å²) in [5, 5.41) is 4.50. The number of aryl methyl sites for hydroxylation is 1. The summed E-state index contributed by atoms with van der Waals surface area (Å²) < 4.78 is 1.54. The molecule has 2 N–H and O–H groups in total. The first-order valence-corrected chi connectivity index (χ1v) is 4.34. The molecule has 0 aliphatic carbocycles. The Morgan fingerprint density at radius 2 is 2.29 bits per heavy atom. The van der Waals surface area contributed by atoms with E-state index in [1.165, 1.54) is 17.2 Å². The van der Waals surface area contributed by atoms with Gasteiger partial charge in [-0.05, 0) is 6.92 Å². The summed E-state index contributed by atoms with van der Waals surface area (Å²) in [5.41, 5.74) is 6.50. The molecule has 0 aliphatic rings. The van der Waals surface area contributed by atoms with Crippen molar-refractivity contribution in [1.29, 1.82) is 0 Å². The number of halogens is 1. The maximum atomic E-state index is 5.89. The number of nitrogens with two attached hydrogens (primary N) is 1. The van der Waals surface area contributed by atoms with Crippen molar-refractivity contribution in [1.82, 2.24) is 19.7 Å². The number of aromatic nitrogens is 4. The quantitative estimate of drug-likeness (QED) is 0.767. The standard InChI is InChI=1S/C8H8ClN5/c1-5-3-14(13-7(5)10)8-6(9)2-11-4-12-8/h2-4H,1H3,(H2,10,13). The van der Waals surface area contributed by atoms with Crippen LogP contribution in [0.1, 0.15) is 5.56 Å². The molecule has 0 atom stereocenters. The lowest BCUT2D eigenvalue weighted by molar-refractivity contribution is 0.843. The molecular formula is C8H8ClN5. The van der Waals surface area contributed by atoms with Crippen molar-refractivity contribution >= 4 is 17.4 Å². The number of anilines is 1. The summed E-state index contributed by atoms with van der Waals surface area (Å²) in [6.07, 6.45) is 4.69. The van der Waals surface area contributed by atoms with Gasteiger partial charge in [0.1, 0.15) is 17.2 Å². The first kappa shape index (κ1) is 8.96. The zero-order chi connectivity index (χ0) is 10.1. The molecule has 0 saturated heterocycles. The summed E-state index contributed by atoms with van der Waals surface area (Å²) in [4.78, 5) is 7.79. The van der Waals surface area contributed by atoms with Gasteiger partial charge in [0.2, 0.25) is 0 Å². The minimum Gasteiger partial charge on any atom is -0.382 e. The molecule has 2 heterocycles. The van der Waals surface area contributed by atoms with Crippen LogP contribution in [0.2, 0.25) is 5.02 Å². The molecule has 6 heteroatoms. The Kier molecular flexibility index (Phi) is 2.09. The van der Waals surface area contributed by atoms with Crippen molar-refractivity contribution in [2.45, 2.75) is 6.92 Å². The second-order valence-corrected chi connectivity index (χ2v) is 3.24. The third kappa shape index (κ3) is 1.42. The summed E-state index contributed by atoms with van der Waals surface area (Å²) >= 11 is 5.89. The second kappa shape index (κ2) is 3.26. The molecule has 0 aromatic carbocycles. The minimum absolute atomic E-state index is 0.440. The van der Waals surface area contributed by atoms with Gasteiger partial charge in [0.15, 0.2) is 5.82 Å². The first-order valence-electron chi connectivity index (χ1n) is 3.96. The molecule has 0 spiro atoms. The van der Waals surface area contributed by atoms with Gasteiger partial charge >= 0.3 is 0 Å². The highest BCUT2D eigenvalue weighted by molar-refractivity contribution is 6.32. The van der Waals surface area contributed by atoms with Crippen molar-refractivity contribution in [3.63, 3.8) is 0 Å². The Hall–Kier alpha value is -1.62. The Labute approximate surface area is 85.5 Å². The minimum atomic E-state index is 0.440. The van der Waals surface area contributed by atoms with Crippen LogP contribution in [0.3, 0.4) is 0 Å². The third-order valence-electron chi connectivity index (χ3n) is 1.80. The van der Waals surface area contributed by atoms with E-state index >= 15 is 0 Å². The van der Waals surface area contributed by atoms with E-state index in [-0.39, 0.29) is 0 Å². The van der Waals surface area contributed by atoms with E-state index in [0.29, 0.717) is 16.7 Å². The van der Waals surface area contributed by atoms with Crippen LogP contribution in [0.25, 0.3) is 5.82 Å². The molecule has 0 amide bonds. The van der Waals surface area contributed by atoms with Gasteiger partial charge in [-0.2, -0.15) is 0 Å². The van der Waals surface area contributed by atoms with E-state index in [4.69, 9.17) is 17.3 Å². The highest BCUT2D eigenvalue weighted by Crippen LogP contribution is 2.17. The molecule has 2 rings (SSSR count). The lowest BCUT2D eigenvalue weighted by Gasteiger charge is -2.00. The normalized spacial score (nSPS) is 10.4. The molecule has 0 radical (unpaired) electrons. The molecule has 14 heavy (non-hydrogen) atoms. The number of hydrogen-bond acceptors (Lipinski definition) is 4. The topological polar surface area (TPSA) is 69.6 Å². The molecule has 2 aromatic heterocycles. The van der Waals surface area contributed by atoms with Crippen molar-refractivity contribution in [3.05, 3.63) is 29.3 Å². The van der Waals surface area contributed by atoms with Crippen molar-refractivity contribution < 1.29 is 0 Å². The maximum absolute atomic E-state index is 5.89. The maximum Gasteiger partial charge on any atom is 0.175 e. The van der Waals surface area contributed by atoms with E-state index in [9.17, 15) is 0 Å². The van der Waals surface area contributed by atoms with E-state index in [1.807, 2.05) is 6.92 Å². The molecule has 2 aromatic rings. The van der Waals surface area contributed by atoms with Crippen LogP contribution in [0.15, 0.2) is 18.7 Å². The van der Waals surface area contributed by atoms with E-state index in [1.54, 1.807) is 6.20 Å². The first-order chi connectivity index (χ1) is 6.68. The molecule has 0 aliphatic heterocycles. The van der Waals surface area contributed by atoms with Crippen LogP contribution in [-0.2, 0) is 0 Å². The molecule has 5 nitrogen and oxygen atoms in total. The lowest BCUT2D eigenvalue weighted by atomic mass is 10.4. The average Bonchev–Trinajstić information content (AvgIpc) is 2.48. The van der Waals surface area contributed by atoms with Crippen LogP contribution in [0.4, 0.5) is 5.82 Å². The van der Waals surface area contributed by atoms with Gasteiger partial charge in [-0.3, -0.25) is 0 Å². The van der Waals surface area contributed by atoms with Crippen LogP contribution < -0.4 is 5.73 Å². The fourth-order valence-electron chi connectivity index (χ4n) is 1.06. The molecule has 0 bridgehead atoms. The second-order valence-electron chi connectivity index (χ2n) is 2.84. The van der Waals surface area contributed by atoms with Gasteiger partial charge in [-0.25, -0.2) is 14.6 Å². The largest absolute Gasteiger partial charge is 0.382 e. The summed E-state index contributed by atoms with van der Waals surface area (Å²) in [6, 6.07) is 0. The Morgan fingerprint density at radius 3 is 2.86 bits per heavy atom. The zero-order valence-corrected chi connectivity index (χ0v) is 8.23. The van der Waals surface area contributed by atoms with E-state index in [0.717, 1.165) is 5.56 Å². The molecule has 0 saturated carbocycles. The Morgan fingerprint density at radius 1 is 1.50 bits per heavy atom. The van der Waals surface area contributed by atoms with Gasteiger partial charge in [0.05, 0.1) is 6.20 Å². The van der Waals surface area contributed by atoms with Crippen LogP contribution in [-0.4, -0.2) is 19.7 Å². The number of rotatable bonds is 1. The molecule has 72 valence electrons. The summed E-state index contributed by atoms with van der Waals surface area (Å²) in [7, 11) is 0. The average molecular weight is 210 g/mol. The summed E-state index contributed by atoms with van der Waals surface area (Å²) in [5.74, 6) is 1.00. The monoisotopic (exact) mass is 209 g/mol. The van der Waals surface area contributed by atoms with Gasteiger partial charge in [0, 0.05) is 11.8 Å². The van der Waals surface area contributed by atoms with Crippen molar-refractivity contribution in [2.75, 3.05) is 5.73 Å². The zero-order valence-electron chi connectivity index (χ0n) is 7.48. The number of nitrogen functional groups attached to an aromatic ring is 1. The molecule has 0 fully saturated rings. The SMILES string of the molecule is Cc1cn(-c2ncncc2Cl)nc1N. The molecular weight excluding hydrogens is 202 g/mol. The number of hydrogen-bond donors (Lipinski definition) is 1. The fourth-order valence-corrected chi connectivity index (χ4v) is 1.25. The van der Waals surface area contributed by atoms with Crippen LogP contribution in [0.5, 0.6) is 0 Å². The van der Waals surface area contributed by atoms with Crippen LogP contribution >= 0.6 is 11.6 Å². The summed E-state index contributed by atoms with van der Waals surface area (Å²) in [6.45, 7) is 1.87. The van der Waals surface area contributed by atoms with Gasteiger partial charge in [-0.1, -0.05) is 11.6 Å². The smallest absolute Gasteiger partial charge is 0.175 e. The number of nitrogens with zero attached hydrogens (tertiary/aromatic N) is 4. The lowest BCUT2D eigenvalue weighted by Crippen LogP contribution is -2.00. The Balaban J connectivity index is 2.55. The fraction of sp³-hybridized carbons (Fsp3) is 0.125. The van der Waals surface area contributed by atoms with E-state index < -0.39 is 0 Å². The molecule has 0 unspecified atom stereocenters. The van der Waals surface area contributed by atoms with Gasteiger partial charge < -0.3 is 5.73 Å². The highest BCUT2D eigenvalue weighted by Gasteiger charge is 2.07. The van der Waals surface area contributed by atoms with Crippen molar-refractivity contribution in [3.8, 4) is 5.82 Å². The third-order valence-corrected chi connectivity index (χ3v) is 2.07.